The smallest absolute Gasteiger partial charge is 0.0931 e. The number of benzene rings is 2. The molecule has 1 heterocycles. The maximum Gasteiger partial charge on any atom is 0.0931 e. The van der Waals surface area contributed by atoms with Gasteiger partial charge in [-0.15, -0.1) is 11.3 Å². The van der Waals surface area contributed by atoms with E-state index < -0.39 is 0 Å². The van der Waals surface area contributed by atoms with Crippen LogP contribution < -0.4 is 5.32 Å². The predicted octanol–water partition coefficient (Wildman–Crippen LogP) is 5.73. The minimum absolute atomic E-state index is 0.255. The molecule has 0 saturated carbocycles. The third-order valence-corrected chi connectivity index (χ3v) is 4.33. The summed E-state index contributed by atoms with van der Waals surface area (Å²) in [7, 11) is 0. The van der Waals surface area contributed by atoms with Crippen LogP contribution in [-0.4, -0.2) is 0 Å². The number of rotatable bonds is 3. The van der Waals surface area contributed by atoms with Crippen molar-refractivity contribution in [3.05, 3.63) is 63.8 Å². The summed E-state index contributed by atoms with van der Waals surface area (Å²) in [4.78, 5) is 0. The van der Waals surface area contributed by atoms with E-state index in [0.29, 0.717) is 0 Å². The first-order valence-corrected chi connectivity index (χ1v) is 7.47. The monoisotopic (exact) mass is 287 g/mol. The van der Waals surface area contributed by atoms with E-state index in [1.165, 1.54) is 16.3 Å². The van der Waals surface area contributed by atoms with Crippen LogP contribution in [0.3, 0.4) is 0 Å². The van der Waals surface area contributed by atoms with Gasteiger partial charge in [0.05, 0.1) is 4.34 Å². The van der Waals surface area contributed by atoms with Gasteiger partial charge in [0.1, 0.15) is 0 Å². The van der Waals surface area contributed by atoms with Gasteiger partial charge in [0.2, 0.25) is 0 Å². The van der Waals surface area contributed by atoms with Crippen molar-refractivity contribution in [2.45, 2.75) is 13.0 Å². The molecular formula is C16H14ClNS. The summed E-state index contributed by atoms with van der Waals surface area (Å²) in [5.74, 6) is 0. The van der Waals surface area contributed by atoms with Gasteiger partial charge in [0.15, 0.2) is 0 Å². The van der Waals surface area contributed by atoms with Crippen LogP contribution in [0.5, 0.6) is 0 Å². The fraction of sp³-hybridized carbons (Fsp3) is 0.125. The molecule has 3 rings (SSSR count). The molecule has 0 bridgehead atoms. The third kappa shape index (κ3) is 2.75. The van der Waals surface area contributed by atoms with Crippen molar-refractivity contribution in [2.75, 3.05) is 5.32 Å². The SMILES string of the molecule is CC(Nc1ccc2ccccc2c1)c1csc(Cl)c1. The Morgan fingerprint density at radius 3 is 2.58 bits per heavy atom. The minimum atomic E-state index is 0.255. The maximum atomic E-state index is 5.98. The molecule has 2 aromatic carbocycles. The Balaban J connectivity index is 1.84. The highest BCUT2D eigenvalue weighted by molar-refractivity contribution is 7.14. The number of anilines is 1. The molecule has 19 heavy (non-hydrogen) atoms. The number of nitrogens with one attached hydrogen (secondary N) is 1. The summed E-state index contributed by atoms with van der Waals surface area (Å²) in [6.45, 7) is 2.15. The quantitative estimate of drug-likeness (QED) is 0.649. The van der Waals surface area contributed by atoms with E-state index >= 15 is 0 Å². The lowest BCUT2D eigenvalue weighted by Gasteiger charge is -2.14. The van der Waals surface area contributed by atoms with Crippen molar-refractivity contribution in [2.24, 2.45) is 0 Å². The van der Waals surface area contributed by atoms with Gasteiger partial charge in [0, 0.05) is 11.7 Å². The predicted molar refractivity (Wildman–Crippen MR) is 85.3 cm³/mol. The molecule has 96 valence electrons. The van der Waals surface area contributed by atoms with Crippen LogP contribution in [0, 0.1) is 0 Å². The summed E-state index contributed by atoms with van der Waals surface area (Å²) in [6.07, 6.45) is 0. The van der Waals surface area contributed by atoms with Crippen LogP contribution in [0.15, 0.2) is 53.9 Å². The maximum absolute atomic E-state index is 5.98. The van der Waals surface area contributed by atoms with Gasteiger partial charge in [-0.25, -0.2) is 0 Å². The summed E-state index contributed by atoms with van der Waals surface area (Å²) in [5.41, 5.74) is 2.36. The van der Waals surface area contributed by atoms with Gasteiger partial charge >= 0.3 is 0 Å². The molecule has 0 aliphatic rings. The van der Waals surface area contributed by atoms with Crippen LogP contribution in [0.2, 0.25) is 4.34 Å². The zero-order valence-electron chi connectivity index (χ0n) is 10.6. The lowest BCUT2D eigenvalue weighted by molar-refractivity contribution is 0.891. The van der Waals surface area contributed by atoms with Gasteiger partial charge in [-0.1, -0.05) is 41.9 Å². The van der Waals surface area contributed by atoms with Gasteiger partial charge in [-0.3, -0.25) is 0 Å². The molecule has 1 unspecified atom stereocenters. The second kappa shape index (κ2) is 5.24. The topological polar surface area (TPSA) is 12.0 Å². The number of halogens is 1. The first-order chi connectivity index (χ1) is 9.22. The molecule has 0 aliphatic carbocycles. The van der Waals surface area contributed by atoms with E-state index in [2.05, 4.69) is 60.1 Å². The normalized spacial score (nSPS) is 12.5. The van der Waals surface area contributed by atoms with Crippen molar-refractivity contribution in [1.29, 1.82) is 0 Å². The standard InChI is InChI=1S/C16H14ClNS/c1-11(14-9-16(17)19-10-14)18-15-7-6-12-4-2-3-5-13(12)8-15/h2-11,18H,1H3. The minimum Gasteiger partial charge on any atom is -0.378 e. The van der Waals surface area contributed by atoms with E-state index in [-0.39, 0.29) is 6.04 Å². The van der Waals surface area contributed by atoms with Crippen molar-refractivity contribution < 1.29 is 0 Å². The molecule has 3 aromatic rings. The highest BCUT2D eigenvalue weighted by Gasteiger charge is 2.07. The Kier molecular flexibility index (Phi) is 3.45. The highest BCUT2D eigenvalue weighted by atomic mass is 35.5. The summed E-state index contributed by atoms with van der Waals surface area (Å²) in [5, 5.41) is 8.13. The molecule has 0 spiro atoms. The average Bonchev–Trinajstić information content (AvgIpc) is 2.85. The molecule has 1 aromatic heterocycles. The van der Waals surface area contributed by atoms with Gasteiger partial charge in [-0.2, -0.15) is 0 Å². The molecule has 3 heteroatoms. The van der Waals surface area contributed by atoms with E-state index in [1.54, 1.807) is 11.3 Å². The van der Waals surface area contributed by atoms with E-state index in [1.807, 2.05) is 6.07 Å². The van der Waals surface area contributed by atoms with Crippen molar-refractivity contribution in [3.63, 3.8) is 0 Å². The molecular weight excluding hydrogens is 274 g/mol. The van der Waals surface area contributed by atoms with Crippen molar-refractivity contribution in [3.8, 4) is 0 Å². The molecule has 0 amide bonds. The Bertz CT molecular complexity index is 705. The fourth-order valence-corrected chi connectivity index (χ4v) is 3.15. The fourth-order valence-electron chi connectivity index (χ4n) is 2.16. The number of thiophene rings is 1. The number of hydrogen-bond donors (Lipinski definition) is 1. The molecule has 0 fully saturated rings. The second-order valence-electron chi connectivity index (χ2n) is 4.61. The number of fused-ring (bicyclic) bond motifs is 1. The van der Waals surface area contributed by atoms with E-state index in [9.17, 15) is 0 Å². The van der Waals surface area contributed by atoms with Gasteiger partial charge in [0.25, 0.3) is 0 Å². The van der Waals surface area contributed by atoms with E-state index in [4.69, 9.17) is 11.6 Å². The second-order valence-corrected chi connectivity index (χ2v) is 6.15. The summed E-state index contributed by atoms with van der Waals surface area (Å²) in [6, 6.07) is 17.1. The van der Waals surface area contributed by atoms with Crippen LogP contribution in [0.25, 0.3) is 10.8 Å². The zero-order chi connectivity index (χ0) is 13.2. The molecule has 0 radical (unpaired) electrons. The van der Waals surface area contributed by atoms with Crippen LogP contribution in [0.1, 0.15) is 18.5 Å². The molecule has 1 atom stereocenters. The Morgan fingerprint density at radius 1 is 1.05 bits per heavy atom. The van der Waals surface area contributed by atoms with Crippen LogP contribution in [0.4, 0.5) is 5.69 Å². The third-order valence-electron chi connectivity index (χ3n) is 3.22. The summed E-state index contributed by atoms with van der Waals surface area (Å²) >= 11 is 7.55. The zero-order valence-corrected chi connectivity index (χ0v) is 12.1. The highest BCUT2D eigenvalue weighted by Crippen LogP contribution is 2.28. The van der Waals surface area contributed by atoms with Crippen LogP contribution in [-0.2, 0) is 0 Å². The summed E-state index contributed by atoms with van der Waals surface area (Å²) < 4.78 is 0.835. The first-order valence-electron chi connectivity index (χ1n) is 6.21. The lowest BCUT2D eigenvalue weighted by atomic mass is 10.1. The van der Waals surface area contributed by atoms with Crippen molar-refractivity contribution in [1.82, 2.24) is 0 Å². The molecule has 1 nitrogen and oxygen atoms in total. The largest absolute Gasteiger partial charge is 0.378 e. The Morgan fingerprint density at radius 2 is 1.84 bits per heavy atom. The van der Waals surface area contributed by atoms with Gasteiger partial charge in [-0.05, 0) is 46.8 Å². The van der Waals surface area contributed by atoms with Crippen molar-refractivity contribution >= 4 is 39.4 Å². The first kappa shape index (κ1) is 12.5. The molecule has 0 aliphatic heterocycles. The van der Waals surface area contributed by atoms with Gasteiger partial charge < -0.3 is 5.32 Å². The Hall–Kier alpha value is -1.51. The van der Waals surface area contributed by atoms with Crippen LogP contribution >= 0.6 is 22.9 Å². The number of hydrogen-bond acceptors (Lipinski definition) is 2. The lowest BCUT2D eigenvalue weighted by Crippen LogP contribution is -2.05. The average molecular weight is 288 g/mol. The Labute approximate surface area is 121 Å². The molecule has 1 N–H and O–H groups in total. The molecule has 0 saturated heterocycles. The van der Waals surface area contributed by atoms with E-state index in [0.717, 1.165) is 10.0 Å².